The number of hydrogen-bond donors (Lipinski definition) is 2. The molecular formula is C15H19NO. The Morgan fingerprint density at radius 1 is 0.882 bits per heavy atom. The highest BCUT2D eigenvalue weighted by Gasteiger charge is 1.86. The van der Waals surface area contributed by atoms with E-state index < -0.39 is 0 Å². The lowest BCUT2D eigenvalue weighted by Crippen LogP contribution is -1.94. The van der Waals surface area contributed by atoms with Gasteiger partial charge in [-0.1, -0.05) is 49.4 Å². The molecule has 0 aliphatic heterocycles. The maximum absolute atomic E-state index is 8.81. The van der Waals surface area contributed by atoms with Crippen LogP contribution in [-0.4, -0.2) is 5.11 Å². The Morgan fingerprint density at radius 3 is 1.88 bits per heavy atom. The molecule has 0 radical (unpaired) electrons. The van der Waals surface area contributed by atoms with E-state index in [1.165, 1.54) is 5.56 Å². The Kier molecular flexibility index (Phi) is 5.83. The van der Waals surface area contributed by atoms with Crippen molar-refractivity contribution >= 4 is 0 Å². The van der Waals surface area contributed by atoms with E-state index in [-0.39, 0.29) is 5.75 Å². The molecule has 0 aliphatic carbocycles. The van der Waals surface area contributed by atoms with E-state index in [0.717, 1.165) is 12.0 Å². The molecule has 0 heterocycles. The number of rotatable bonds is 2. The number of hydrogen-bond acceptors (Lipinski definition) is 2. The van der Waals surface area contributed by atoms with Gasteiger partial charge in [0.2, 0.25) is 0 Å². The average Bonchev–Trinajstić information content (AvgIpc) is 2.41. The second-order valence-electron chi connectivity index (χ2n) is 3.71. The Balaban J connectivity index is 0.000000171. The molecule has 0 spiro atoms. The third kappa shape index (κ3) is 5.18. The van der Waals surface area contributed by atoms with Crippen LogP contribution in [0.2, 0.25) is 0 Å². The highest BCUT2D eigenvalue weighted by Crippen LogP contribution is 2.08. The van der Waals surface area contributed by atoms with Crippen molar-refractivity contribution in [2.24, 2.45) is 5.73 Å². The van der Waals surface area contributed by atoms with Crippen molar-refractivity contribution in [2.75, 3.05) is 0 Å². The van der Waals surface area contributed by atoms with Crippen LogP contribution in [0.1, 0.15) is 18.1 Å². The Bertz CT molecular complexity index is 409. The zero-order valence-corrected chi connectivity index (χ0v) is 10.1. The predicted octanol–water partition coefficient (Wildman–Crippen LogP) is 3.10. The molecule has 2 heteroatoms. The smallest absolute Gasteiger partial charge is 0.115 e. The van der Waals surface area contributed by atoms with Gasteiger partial charge in [0.15, 0.2) is 0 Å². The fourth-order valence-electron chi connectivity index (χ4n) is 1.35. The quantitative estimate of drug-likeness (QED) is 0.831. The first-order valence-corrected chi connectivity index (χ1v) is 5.78. The normalized spacial score (nSPS) is 9.29. The minimum absolute atomic E-state index is 0.284. The molecule has 2 aromatic carbocycles. The third-order valence-electron chi connectivity index (χ3n) is 2.42. The highest BCUT2D eigenvalue weighted by molar-refractivity contribution is 5.25. The topological polar surface area (TPSA) is 46.2 Å². The maximum atomic E-state index is 8.81. The molecule has 2 aromatic rings. The zero-order valence-electron chi connectivity index (χ0n) is 10.1. The second-order valence-corrected chi connectivity index (χ2v) is 3.71. The molecule has 2 nitrogen and oxygen atoms in total. The summed E-state index contributed by atoms with van der Waals surface area (Å²) in [5.41, 5.74) is 7.76. The summed E-state index contributed by atoms with van der Waals surface area (Å²) in [6.07, 6.45) is 1.14. The molecule has 0 saturated carbocycles. The number of nitrogens with two attached hydrogens (primary N) is 1. The van der Waals surface area contributed by atoms with E-state index >= 15 is 0 Å². The van der Waals surface area contributed by atoms with Crippen molar-refractivity contribution in [3.8, 4) is 5.75 Å². The van der Waals surface area contributed by atoms with Crippen LogP contribution in [0.15, 0.2) is 54.6 Å². The molecule has 0 aromatic heterocycles. The molecule has 0 bridgehead atoms. The summed E-state index contributed by atoms with van der Waals surface area (Å²) in [5.74, 6) is 0.284. The molecule has 17 heavy (non-hydrogen) atoms. The number of aryl methyl sites for hydroxylation is 1. The fraction of sp³-hybridized carbons (Fsp3) is 0.200. The molecule has 0 amide bonds. The van der Waals surface area contributed by atoms with Gasteiger partial charge in [-0.2, -0.15) is 0 Å². The van der Waals surface area contributed by atoms with E-state index in [1.807, 2.05) is 6.07 Å². The summed E-state index contributed by atoms with van der Waals surface area (Å²) in [6, 6.07) is 17.3. The van der Waals surface area contributed by atoms with Crippen molar-refractivity contribution in [3.05, 3.63) is 65.7 Å². The number of phenolic OH excluding ortho intramolecular Hbond substituents is 1. The van der Waals surface area contributed by atoms with E-state index in [0.29, 0.717) is 6.54 Å². The highest BCUT2D eigenvalue weighted by atomic mass is 16.3. The summed E-state index contributed by atoms with van der Waals surface area (Å²) >= 11 is 0. The molecule has 0 atom stereocenters. The molecule has 2 rings (SSSR count). The lowest BCUT2D eigenvalue weighted by atomic mass is 10.2. The van der Waals surface area contributed by atoms with Gasteiger partial charge in [-0.3, -0.25) is 0 Å². The van der Waals surface area contributed by atoms with Crippen molar-refractivity contribution in [1.29, 1.82) is 0 Å². The van der Waals surface area contributed by atoms with Crippen molar-refractivity contribution in [2.45, 2.75) is 19.9 Å². The van der Waals surface area contributed by atoms with Gasteiger partial charge in [0.1, 0.15) is 5.75 Å². The standard InChI is InChI=1S/C8H10.C7H9NO/c1-2-8-6-4-3-5-7-8;8-5-6-1-3-7(9)4-2-6/h3-7H,2H2,1H3;1-4,9H,5,8H2. The van der Waals surface area contributed by atoms with Gasteiger partial charge in [-0.05, 0) is 29.7 Å². The summed E-state index contributed by atoms with van der Waals surface area (Å²) in [4.78, 5) is 0. The van der Waals surface area contributed by atoms with Crippen LogP contribution < -0.4 is 5.73 Å². The van der Waals surface area contributed by atoms with Gasteiger partial charge in [-0.15, -0.1) is 0 Å². The van der Waals surface area contributed by atoms with Crippen LogP contribution in [0.5, 0.6) is 5.75 Å². The summed E-state index contributed by atoms with van der Waals surface area (Å²) in [5, 5.41) is 8.81. The van der Waals surface area contributed by atoms with E-state index in [9.17, 15) is 0 Å². The van der Waals surface area contributed by atoms with Crippen LogP contribution in [0.3, 0.4) is 0 Å². The van der Waals surface area contributed by atoms with Gasteiger partial charge in [0.05, 0.1) is 0 Å². The fourth-order valence-corrected chi connectivity index (χ4v) is 1.35. The van der Waals surface area contributed by atoms with Crippen molar-refractivity contribution in [3.63, 3.8) is 0 Å². The zero-order chi connectivity index (χ0) is 12.5. The first-order chi connectivity index (χ1) is 8.26. The predicted molar refractivity (Wildman–Crippen MR) is 71.8 cm³/mol. The van der Waals surface area contributed by atoms with Gasteiger partial charge >= 0.3 is 0 Å². The minimum Gasteiger partial charge on any atom is -0.508 e. The number of phenols is 1. The lowest BCUT2D eigenvalue weighted by molar-refractivity contribution is 0.475. The Hall–Kier alpha value is -1.80. The number of aromatic hydroxyl groups is 1. The van der Waals surface area contributed by atoms with Gasteiger partial charge in [-0.25, -0.2) is 0 Å². The largest absolute Gasteiger partial charge is 0.508 e. The summed E-state index contributed by atoms with van der Waals surface area (Å²) < 4.78 is 0. The Morgan fingerprint density at radius 2 is 1.47 bits per heavy atom. The average molecular weight is 229 g/mol. The van der Waals surface area contributed by atoms with E-state index in [2.05, 4.69) is 31.2 Å². The van der Waals surface area contributed by atoms with Crippen LogP contribution in [-0.2, 0) is 13.0 Å². The van der Waals surface area contributed by atoms with Crippen LogP contribution >= 0.6 is 0 Å². The van der Waals surface area contributed by atoms with Crippen LogP contribution in [0.25, 0.3) is 0 Å². The summed E-state index contributed by atoms with van der Waals surface area (Å²) in [6.45, 7) is 2.69. The summed E-state index contributed by atoms with van der Waals surface area (Å²) in [7, 11) is 0. The van der Waals surface area contributed by atoms with E-state index in [1.54, 1.807) is 24.3 Å². The first kappa shape index (κ1) is 13.3. The molecular weight excluding hydrogens is 210 g/mol. The third-order valence-corrected chi connectivity index (χ3v) is 2.42. The molecule has 0 fully saturated rings. The van der Waals surface area contributed by atoms with E-state index in [4.69, 9.17) is 10.8 Å². The van der Waals surface area contributed by atoms with Crippen molar-refractivity contribution in [1.82, 2.24) is 0 Å². The molecule has 90 valence electrons. The van der Waals surface area contributed by atoms with Crippen molar-refractivity contribution < 1.29 is 5.11 Å². The molecule has 0 aliphatic rings. The number of benzene rings is 2. The van der Waals surface area contributed by atoms with Crippen LogP contribution in [0.4, 0.5) is 0 Å². The van der Waals surface area contributed by atoms with Crippen LogP contribution in [0, 0.1) is 0 Å². The van der Waals surface area contributed by atoms with Gasteiger partial charge in [0.25, 0.3) is 0 Å². The van der Waals surface area contributed by atoms with Gasteiger partial charge in [0, 0.05) is 6.54 Å². The molecule has 3 N–H and O–H groups in total. The second kappa shape index (κ2) is 7.47. The lowest BCUT2D eigenvalue weighted by Gasteiger charge is -1.93. The Labute approximate surface area is 103 Å². The minimum atomic E-state index is 0.284. The maximum Gasteiger partial charge on any atom is 0.115 e. The molecule has 0 saturated heterocycles. The van der Waals surface area contributed by atoms with Gasteiger partial charge < -0.3 is 10.8 Å². The monoisotopic (exact) mass is 229 g/mol. The first-order valence-electron chi connectivity index (χ1n) is 5.78. The SMILES string of the molecule is CCc1ccccc1.NCc1ccc(O)cc1. The molecule has 0 unspecified atom stereocenters.